The predicted octanol–water partition coefficient (Wildman–Crippen LogP) is 5.91. The molecule has 1 aromatic carbocycles. The van der Waals surface area contributed by atoms with E-state index in [4.69, 9.17) is 4.74 Å². The number of carbonyl (C=O) groups is 1. The van der Waals surface area contributed by atoms with E-state index in [1.807, 2.05) is 25.7 Å². The molecule has 3 heteroatoms. The van der Waals surface area contributed by atoms with Gasteiger partial charge in [0, 0.05) is 13.1 Å². The predicted molar refractivity (Wildman–Crippen MR) is 106 cm³/mol. The summed E-state index contributed by atoms with van der Waals surface area (Å²) in [5.41, 5.74) is 4.38. The van der Waals surface area contributed by atoms with Crippen LogP contribution in [-0.2, 0) is 17.7 Å². The molecular formula is C23H35NO2. The molecule has 0 bridgehead atoms. The maximum absolute atomic E-state index is 12.4. The molecule has 0 spiro atoms. The Bertz CT molecular complexity index is 681. The standard InChI is InChI=1S/C23H35NO2/c1-21(2,3)26-20(25)24-11-10-16-8-9-17(12-18(16)15-24)19-13-22(4,5)23(6,7)14-19/h8-9,12,19H,10-11,13-15H2,1-7H3. The van der Waals surface area contributed by atoms with Crippen molar-refractivity contribution in [2.45, 2.75) is 85.8 Å². The number of amides is 1. The third kappa shape index (κ3) is 3.77. The number of hydrogen-bond acceptors (Lipinski definition) is 2. The van der Waals surface area contributed by atoms with Crippen molar-refractivity contribution in [1.82, 2.24) is 4.90 Å². The summed E-state index contributed by atoms with van der Waals surface area (Å²) in [7, 11) is 0. The minimum atomic E-state index is -0.444. The van der Waals surface area contributed by atoms with Crippen molar-refractivity contribution in [3.05, 3.63) is 34.9 Å². The zero-order valence-corrected chi connectivity index (χ0v) is 17.6. The van der Waals surface area contributed by atoms with Crippen LogP contribution in [0.25, 0.3) is 0 Å². The largest absolute Gasteiger partial charge is 0.444 e. The van der Waals surface area contributed by atoms with Gasteiger partial charge in [-0.05, 0) is 73.5 Å². The highest BCUT2D eigenvalue weighted by atomic mass is 16.6. The molecule has 0 unspecified atom stereocenters. The van der Waals surface area contributed by atoms with Crippen LogP contribution in [0.15, 0.2) is 18.2 Å². The van der Waals surface area contributed by atoms with Gasteiger partial charge in [0.25, 0.3) is 0 Å². The lowest BCUT2D eigenvalue weighted by atomic mass is 9.71. The number of nitrogens with zero attached hydrogens (tertiary/aromatic N) is 1. The van der Waals surface area contributed by atoms with Gasteiger partial charge in [-0.1, -0.05) is 45.9 Å². The molecule has 3 rings (SSSR count). The van der Waals surface area contributed by atoms with Crippen LogP contribution in [0.2, 0.25) is 0 Å². The van der Waals surface area contributed by atoms with E-state index < -0.39 is 5.60 Å². The van der Waals surface area contributed by atoms with Gasteiger partial charge in [-0.2, -0.15) is 0 Å². The summed E-state index contributed by atoms with van der Waals surface area (Å²) in [4.78, 5) is 14.3. The topological polar surface area (TPSA) is 29.5 Å². The lowest BCUT2D eigenvalue weighted by molar-refractivity contribution is 0.0224. The first-order valence-corrected chi connectivity index (χ1v) is 9.98. The number of hydrogen-bond donors (Lipinski definition) is 0. The van der Waals surface area contributed by atoms with Crippen LogP contribution in [0, 0.1) is 10.8 Å². The van der Waals surface area contributed by atoms with Crippen molar-refractivity contribution in [3.8, 4) is 0 Å². The molecule has 1 heterocycles. The summed E-state index contributed by atoms with van der Waals surface area (Å²) in [6.45, 7) is 16.8. The lowest BCUT2D eigenvalue weighted by Gasteiger charge is -2.34. The van der Waals surface area contributed by atoms with E-state index in [1.54, 1.807) is 0 Å². The Labute approximate surface area is 159 Å². The van der Waals surface area contributed by atoms with Gasteiger partial charge < -0.3 is 9.64 Å². The molecule has 1 aromatic rings. The maximum Gasteiger partial charge on any atom is 0.410 e. The number of rotatable bonds is 1. The van der Waals surface area contributed by atoms with Crippen molar-refractivity contribution in [2.75, 3.05) is 6.54 Å². The van der Waals surface area contributed by atoms with Crippen LogP contribution in [0.4, 0.5) is 4.79 Å². The lowest BCUT2D eigenvalue weighted by Crippen LogP contribution is -2.39. The minimum Gasteiger partial charge on any atom is -0.444 e. The minimum absolute atomic E-state index is 0.198. The fourth-order valence-electron chi connectivity index (χ4n) is 4.41. The molecule has 1 saturated carbocycles. The normalized spacial score (nSPS) is 22.2. The van der Waals surface area contributed by atoms with Crippen molar-refractivity contribution in [2.24, 2.45) is 10.8 Å². The molecule has 1 amide bonds. The quantitative estimate of drug-likeness (QED) is 0.625. The van der Waals surface area contributed by atoms with Crippen LogP contribution < -0.4 is 0 Å². The Morgan fingerprint density at radius 2 is 1.69 bits per heavy atom. The molecule has 3 nitrogen and oxygen atoms in total. The number of carbonyl (C=O) groups excluding carboxylic acids is 1. The molecule has 0 atom stereocenters. The van der Waals surface area contributed by atoms with Crippen LogP contribution >= 0.6 is 0 Å². The van der Waals surface area contributed by atoms with E-state index in [-0.39, 0.29) is 6.09 Å². The Hall–Kier alpha value is -1.51. The van der Waals surface area contributed by atoms with Gasteiger partial charge in [-0.3, -0.25) is 0 Å². The van der Waals surface area contributed by atoms with Gasteiger partial charge in [-0.15, -0.1) is 0 Å². The molecule has 2 aliphatic rings. The van der Waals surface area contributed by atoms with E-state index in [9.17, 15) is 4.79 Å². The second kappa shape index (κ2) is 6.28. The Morgan fingerprint density at radius 1 is 1.08 bits per heavy atom. The summed E-state index contributed by atoms with van der Waals surface area (Å²) >= 11 is 0. The summed E-state index contributed by atoms with van der Waals surface area (Å²) in [5, 5.41) is 0. The highest BCUT2D eigenvalue weighted by Crippen LogP contribution is 2.57. The van der Waals surface area contributed by atoms with E-state index in [0.29, 0.717) is 23.3 Å². The second-order valence-corrected chi connectivity index (χ2v) is 10.6. The molecular weight excluding hydrogens is 322 g/mol. The molecule has 0 radical (unpaired) electrons. The molecule has 1 fully saturated rings. The zero-order valence-electron chi connectivity index (χ0n) is 17.6. The van der Waals surface area contributed by atoms with Crippen LogP contribution in [0.5, 0.6) is 0 Å². The molecule has 0 N–H and O–H groups in total. The van der Waals surface area contributed by atoms with E-state index in [0.717, 1.165) is 13.0 Å². The molecule has 0 saturated heterocycles. The average Bonchev–Trinajstić information content (AvgIpc) is 2.72. The van der Waals surface area contributed by atoms with Gasteiger partial charge in [0.15, 0.2) is 0 Å². The average molecular weight is 358 g/mol. The molecule has 144 valence electrons. The van der Waals surface area contributed by atoms with E-state index >= 15 is 0 Å². The van der Waals surface area contributed by atoms with Crippen molar-refractivity contribution < 1.29 is 9.53 Å². The number of ether oxygens (including phenoxy) is 1. The SMILES string of the molecule is CC(C)(C)OC(=O)N1CCc2ccc(C3CC(C)(C)C(C)(C)C3)cc2C1. The van der Waals surface area contributed by atoms with Crippen molar-refractivity contribution in [3.63, 3.8) is 0 Å². The highest BCUT2D eigenvalue weighted by molar-refractivity contribution is 5.68. The van der Waals surface area contributed by atoms with Crippen LogP contribution in [-0.4, -0.2) is 23.1 Å². The fraction of sp³-hybridized carbons (Fsp3) is 0.696. The third-order valence-electron chi connectivity index (χ3n) is 6.71. The van der Waals surface area contributed by atoms with Crippen molar-refractivity contribution in [1.29, 1.82) is 0 Å². The van der Waals surface area contributed by atoms with E-state index in [1.165, 1.54) is 29.5 Å². The first kappa shape index (κ1) is 19.3. The molecule has 0 aromatic heterocycles. The highest BCUT2D eigenvalue weighted by Gasteiger charge is 2.46. The Kier molecular flexibility index (Phi) is 4.65. The smallest absolute Gasteiger partial charge is 0.410 e. The summed E-state index contributed by atoms with van der Waals surface area (Å²) < 4.78 is 5.56. The molecule has 26 heavy (non-hydrogen) atoms. The third-order valence-corrected chi connectivity index (χ3v) is 6.71. The Balaban J connectivity index is 1.77. The summed E-state index contributed by atoms with van der Waals surface area (Å²) in [6, 6.07) is 6.97. The number of benzene rings is 1. The monoisotopic (exact) mass is 357 g/mol. The van der Waals surface area contributed by atoms with E-state index in [2.05, 4.69) is 45.9 Å². The first-order valence-electron chi connectivity index (χ1n) is 9.98. The fourth-order valence-corrected chi connectivity index (χ4v) is 4.41. The van der Waals surface area contributed by atoms with Crippen LogP contribution in [0.3, 0.4) is 0 Å². The van der Waals surface area contributed by atoms with Gasteiger partial charge in [0.05, 0.1) is 0 Å². The first-order chi connectivity index (χ1) is 11.9. The zero-order chi connectivity index (χ0) is 19.3. The Morgan fingerprint density at radius 3 is 2.27 bits per heavy atom. The molecule has 1 aliphatic carbocycles. The van der Waals surface area contributed by atoms with Gasteiger partial charge >= 0.3 is 6.09 Å². The summed E-state index contributed by atoms with van der Waals surface area (Å²) in [5.74, 6) is 0.613. The summed E-state index contributed by atoms with van der Waals surface area (Å²) in [6.07, 6.45) is 3.18. The molecule has 1 aliphatic heterocycles. The van der Waals surface area contributed by atoms with Gasteiger partial charge in [0.1, 0.15) is 5.60 Å². The van der Waals surface area contributed by atoms with Gasteiger partial charge in [-0.25, -0.2) is 4.79 Å². The van der Waals surface area contributed by atoms with Crippen LogP contribution in [0.1, 0.15) is 83.9 Å². The van der Waals surface area contributed by atoms with Gasteiger partial charge in [0.2, 0.25) is 0 Å². The van der Waals surface area contributed by atoms with Crippen molar-refractivity contribution >= 4 is 6.09 Å². The number of fused-ring (bicyclic) bond motifs is 1. The maximum atomic E-state index is 12.4. The second-order valence-electron chi connectivity index (χ2n) is 10.6.